The van der Waals surface area contributed by atoms with Crippen molar-refractivity contribution < 1.29 is 4.74 Å². The smallest absolute Gasteiger partial charge is 0.0997 e. The molecule has 1 aliphatic heterocycles. The summed E-state index contributed by atoms with van der Waals surface area (Å²) in [6.07, 6.45) is 0. The molecule has 1 aromatic carbocycles. The molecule has 2 rings (SSSR count). The van der Waals surface area contributed by atoms with Gasteiger partial charge in [-0.1, -0.05) is 35.7 Å². The molecule has 0 radical (unpaired) electrons. The predicted octanol–water partition coefficient (Wildman–Crippen LogP) is 3.60. The third kappa shape index (κ3) is 3.16. The zero-order chi connectivity index (χ0) is 12.5. The SMILES string of the molecule is CC(C)(C)SNC1(c2cccc(Cl)c2)COC1. The first-order chi connectivity index (χ1) is 7.91. The predicted molar refractivity (Wildman–Crippen MR) is 74.4 cm³/mol. The largest absolute Gasteiger partial charge is 0.377 e. The van der Waals surface area contributed by atoms with Gasteiger partial charge in [0.05, 0.1) is 18.8 Å². The highest BCUT2D eigenvalue weighted by Crippen LogP contribution is 2.35. The Hall–Kier alpha value is -0.220. The van der Waals surface area contributed by atoms with Crippen LogP contribution in [-0.2, 0) is 10.3 Å². The van der Waals surface area contributed by atoms with E-state index in [1.165, 1.54) is 5.56 Å². The topological polar surface area (TPSA) is 21.3 Å². The van der Waals surface area contributed by atoms with Crippen LogP contribution in [0.1, 0.15) is 26.3 Å². The van der Waals surface area contributed by atoms with E-state index in [-0.39, 0.29) is 10.3 Å². The first-order valence-corrected chi connectivity index (χ1v) is 6.90. The minimum absolute atomic E-state index is 0.0805. The van der Waals surface area contributed by atoms with Crippen molar-refractivity contribution in [3.8, 4) is 0 Å². The van der Waals surface area contributed by atoms with Crippen molar-refractivity contribution in [3.63, 3.8) is 0 Å². The average molecular weight is 272 g/mol. The zero-order valence-corrected chi connectivity index (χ0v) is 12.0. The number of hydrogen-bond donors (Lipinski definition) is 1. The third-order valence-electron chi connectivity index (χ3n) is 2.63. The van der Waals surface area contributed by atoms with Crippen molar-refractivity contribution in [2.24, 2.45) is 0 Å². The minimum atomic E-state index is -0.0805. The molecule has 1 saturated heterocycles. The second-order valence-corrected chi connectivity index (χ2v) is 7.47. The highest BCUT2D eigenvalue weighted by atomic mass is 35.5. The Morgan fingerprint density at radius 2 is 2.06 bits per heavy atom. The number of nitrogens with one attached hydrogen (secondary N) is 1. The summed E-state index contributed by atoms with van der Waals surface area (Å²) < 4.78 is 9.11. The van der Waals surface area contributed by atoms with Crippen molar-refractivity contribution in [2.75, 3.05) is 13.2 Å². The van der Waals surface area contributed by atoms with E-state index in [9.17, 15) is 0 Å². The Balaban J connectivity index is 2.14. The molecule has 0 atom stereocenters. The number of hydrogen-bond acceptors (Lipinski definition) is 3. The quantitative estimate of drug-likeness (QED) is 0.849. The summed E-state index contributed by atoms with van der Waals surface area (Å²) in [5, 5.41) is 0.774. The van der Waals surface area contributed by atoms with E-state index >= 15 is 0 Å². The van der Waals surface area contributed by atoms with Crippen molar-refractivity contribution in [2.45, 2.75) is 31.1 Å². The Kier molecular flexibility index (Phi) is 3.74. The lowest BCUT2D eigenvalue weighted by atomic mass is 9.89. The minimum Gasteiger partial charge on any atom is -0.377 e. The summed E-state index contributed by atoms with van der Waals surface area (Å²) in [5.41, 5.74) is 1.12. The van der Waals surface area contributed by atoms with Crippen LogP contribution in [0.2, 0.25) is 5.02 Å². The molecule has 1 aliphatic rings. The first kappa shape index (κ1) is 13.2. The fraction of sp³-hybridized carbons (Fsp3) is 0.538. The molecule has 0 amide bonds. The lowest BCUT2D eigenvalue weighted by Gasteiger charge is -2.43. The molecule has 0 bridgehead atoms. The van der Waals surface area contributed by atoms with Crippen LogP contribution < -0.4 is 4.72 Å². The lowest BCUT2D eigenvalue weighted by Crippen LogP contribution is -2.55. The van der Waals surface area contributed by atoms with Crippen LogP contribution in [0.3, 0.4) is 0 Å². The van der Waals surface area contributed by atoms with Gasteiger partial charge in [0.2, 0.25) is 0 Å². The molecule has 0 aromatic heterocycles. The van der Waals surface area contributed by atoms with E-state index in [0.717, 1.165) is 5.02 Å². The van der Waals surface area contributed by atoms with Crippen LogP contribution >= 0.6 is 23.5 Å². The maximum Gasteiger partial charge on any atom is 0.0997 e. The zero-order valence-electron chi connectivity index (χ0n) is 10.4. The fourth-order valence-corrected chi connectivity index (χ4v) is 2.56. The Labute approximate surface area is 112 Å². The summed E-state index contributed by atoms with van der Waals surface area (Å²) in [5.74, 6) is 0. The molecule has 2 nitrogen and oxygen atoms in total. The first-order valence-electron chi connectivity index (χ1n) is 5.70. The van der Waals surface area contributed by atoms with Gasteiger partial charge >= 0.3 is 0 Å². The van der Waals surface area contributed by atoms with Crippen LogP contribution in [0, 0.1) is 0 Å². The van der Waals surface area contributed by atoms with Crippen molar-refractivity contribution in [1.29, 1.82) is 0 Å². The number of ether oxygens (including phenoxy) is 1. The van der Waals surface area contributed by atoms with Crippen molar-refractivity contribution >= 4 is 23.5 Å². The number of halogens is 1. The maximum absolute atomic E-state index is 6.05. The molecule has 94 valence electrons. The molecule has 0 aliphatic carbocycles. The van der Waals surface area contributed by atoms with Gasteiger partial charge in [0.15, 0.2) is 0 Å². The lowest BCUT2D eigenvalue weighted by molar-refractivity contribution is -0.0652. The van der Waals surface area contributed by atoms with Gasteiger partial charge in [-0.05, 0) is 38.5 Å². The summed E-state index contributed by atoms with van der Waals surface area (Å²) in [4.78, 5) is 0. The standard InChI is InChI=1S/C13H18ClNOS/c1-12(2,3)17-15-13(8-16-9-13)10-5-4-6-11(14)7-10/h4-7,15H,8-9H2,1-3H3. The van der Waals surface area contributed by atoms with Crippen LogP contribution in [0.5, 0.6) is 0 Å². The van der Waals surface area contributed by atoms with Crippen LogP contribution in [0.15, 0.2) is 24.3 Å². The Morgan fingerprint density at radius 1 is 1.35 bits per heavy atom. The molecule has 1 heterocycles. The van der Waals surface area contributed by atoms with E-state index in [1.807, 2.05) is 18.2 Å². The van der Waals surface area contributed by atoms with Gasteiger partial charge in [-0.25, -0.2) is 4.72 Å². The van der Waals surface area contributed by atoms with E-state index in [1.54, 1.807) is 11.9 Å². The van der Waals surface area contributed by atoms with Gasteiger partial charge in [-0.3, -0.25) is 0 Å². The van der Waals surface area contributed by atoms with E-state index < -0.39 is 0 Å². The maximum atomic E-state index is 6.05. The van der Waals surface area contributed by atoms with Gasteiger partial charge in [0.1, 0.15) is 0 Å². The molecule has 17 heavy (non-hydrogen) atoms. The normalized spacial score (nSPS) is 18.8. The van der Waals surface area contributed by atoms with Gasteiger partial charge in [0.25, 0.3) is 0 Å². The molecule has 0 unspecified atom stereocenters. The third-order valence-corrected chi connectivity index (χ3v) is 3.97. The Bertz CT molecular complexity index is 399. The van der Waals surface area contributed by atoms with Gasteiger partial charge in [-0.2, -0.15) is 0 Å². The highest BCUT2D eigenvalue weighted by molar-refractivity contribution is 7.98. The van der Waals surface area contributed by atoms with Gasteiger partial charge in [0, 0.05) is 9.77 Å². The molecule has 0 spiro atoms. The van der Waals surface area contributed by atoms with Crippen LogP contribution in [-0.4, -0.2) is 18.0 Å². The number of rotatable bonds is 3. The molecule has 4 heteroatoms. The molecule has 1 N–H and O–H groups in total. The number of benzene rings is 1. The molecular weight excluding hydrogens is 254 g/mol. The van der Waals surface area contributed by atoms with Gasteiger partial charge in [-0.15, -0.1) is 0 Å². The summed E-state index contributed by atoms with van der Waals surface area (Å²) >= 11 is 7.79. The molecule has 0 saturated carbocycles. The summed E-state index contributed by atoms with van der Waals surface area (Å²) in [7, 11) is 0. The highest BCUT2D eigenvalue weighted by Gasteiger charge is 2.41. The monoisotopic (exact) mass is 271 g/mol. The fourth-order valence-electron chi connectivity index (χ4n) is 1.63. The average Bonchev–Trinajstić information content (AvgIpc) is 2.14. The molecular formula is C13H18ClNOS. The van der Waals surface area contributed by atoms with Gasteiger partial charge < -0.3 is 4.74 Å². The van der Waals surface area contributed by atoms with E-state index in [2.05, 4.69) is 31.6 Å². The molecule has 1 fully saturated rings. The van der Waals surface area contributed by atoms with E-state index in [4.69, 9.17) is 16.3 Å². The van der Waals surface area contributed by atoms with E-state index in [0.29, 0.717) is 13.2 Å². The van der Waals surface area contributed by atoms with Crippen molar-refractivity contribution in [3.05, 3.63) is 34.9 Å². The van der Waals surface area contributed by atoms with Crippen LogP contribution in [0.4, 0.5) is 0 Å². The summed E-state index contributed by atoms with van der Waals surface area (Å²) in [6, 6.07) is 8.00. The Morgan fingerprint density at radius 3 is 2.53 bits per heavy atom. The van der Waals surface area contributed by atoms with Crippen LogP contribution in [0.25, 0.3) is 0 Å². The summed E-state index contributed by atoms with van der Waals surface area (Å²) in [6.45, 7) is 7.98. The second-order valence-electron chi connectivity index (χ2n) is 5.40. The second kappa shape index (κ2) is 4.81. The molecule has 1 aromatic rings. The van der Waals surface area contributed by atoms with Crippen molar-refractivity contribution in [1.82, 2.24) is 4.72 Å².